The van der Waals surface area contributed by atoms with E-state index in [1.54, 1.807) is 19.1 Å². The molecule has 8 heteroatoms. The van der Waals surface area contributed by atoms with Gasteiger partial charge in [0, 0.05) is 12.2 Å². The summed E-state index contributed by atoms with van der Waals surface area (Å²) in [5, 5.41) is 9.29. The fraction of sp³-hybridized carbons (Fsp3) is 0.400. The number of aliphatic carboxylic acids is 1. The van der Waals surface area contributed by atoms with Gasteiger partial charge in [0.15, 0.2) is 0 Å². The number of hydrogen-bond donors (Lipinski definition) is 1. The third-order valence-corrected chi connectivity index (χ3v) is 4.76. The number of rotatable bonds is 10. The molecule has 33 heavy (non-hydrogen) atoms. The SMILES string of the molecule is CC.CC.COc1ccc(CCN(C)C(CC(=O)O)C(=O)N(C=S)c2ccc(F)cc2)cc1. The Balaban J connectivity index is 0.00000242. The van der Waals surface area contributed by atoms with E-state index in [1.807, 2.05) is 52.0 Å². The maximum atomic E-state index is 13.2. The number of carboxylic acids is 1. The highest BCUT2D eigenvalue weighted by atomic mass is 32.1. The molecule has 2 aromatic carbocycles. The van der Waals surface area contributed by atoms with Crippen LogP contribution in [0.1, 0.15) is 39.7 Å². The zero-order chi connectivity index (χ0) is 25.4. The molecule has 182 valence electrons. The molecule has 1 atom stereocenters. The lowest BCUT2D eigenvalue weighted by molar-refractivity contribution is -0.141. The van der Waals surface area contributed by atoms with E-state index in [2.05, 4.69) is 0 Å². The fourth-order valence-corrected chi connectivity index (χ4v) is 3.08. The van der Waals surface area contributed by atoms with Gasteiger partial charge >= 0.3 is 5.97 Å². The number of hydrogen-bond acceptors (Lipinski definition) is 5. The maximum Gasteiger partial charge on any atom is 0.305 e. The number of carboxylic acid groups (broad SMARTS) is 1. The third kappa shape index (κ3) is 10.1. The molecule has 0 aliphatic heterocycles. The second-order valence-electron chi connectivity index (χ2n) is 6.48. The summed E-state index contributed by atoms with van der Waals surface area (Å²) in [6.45, 7) is 8.46. The zero-order valence-electron chi connectivity index (χ0n) is 20.2. The molecule has 0 aliphatic carbocycles. The van der Waals surface area contributed by atoms with Crippen LogP contribution in [0.5, 0.6) is 5.75 Å². The number of anilines is 1. The Morgan fingerprint density at radius 1 is 1.06 bits per heavy atom. The lowest BCUT2D eigenvalue weighted by Crippen LogP contribution is -2.48. The van der Waals surface area contributed by atoms with Crippen molar-refractivity contribution in [2.45, 2.75) is 46.6 Å². The molecule has 0 bridgehead atoms. The highest BCUT2D eigenvalue weighted by molar-refractivity contribution is 7.79. The van der Waals surface area contributed by atoms with Crippen LogP contribution >= 0.6 is 12.2 Å². The molecule has 6 nitrogen and oxygen atoms in total. The van der Waals surface area contributed by atoms with Crippen LogP contribution in [0.3, 0.4) is 0 Å². The van der Waals surface area contributed by atoms with Crippen LogP contribution in [0.2, 0.25) is 0 Å². The summed E-state index contributed by atoms with van der Waals surface area (Å²) >= 11 is 4.96. The van der Waals surface area contributed by atoms with Crippen molar-refractivity contribution in [2.24, 2.45) is 0 Å². The molecule has 2 rings (SSSR count). The van der Waals surface area contributed by atoms with Gasteiger partial charge in [0.25, 0.3) is 0 Å². The van der Waals surface area contributed by atoms with Gasteiger partial charge in [0.2, 0.25) is 5.91 Å². The van der Waals surface area contributed by atoms with Crippen LogP contribution < -0.4 is 9.64 Å². The van der Waals surface area contributed by atoms with Crippen molar-refractivity contribution in [1.29, 1.82) is 0 Å². The molecule has 0 heterocycles. The van der Waals surface area contributed by atoms with Crippen molar-refractivity contribution in [3.05, 3.63) is 59.9 Å². The summed E-state index contributed by atoms with van der Waals surface area (Å²) in [6.07, 6.45) is 0.247. The minimum atomic E-state index is -1.09. The van der Waals surface area contributed by atoms with E-state index in [-0.39, 0.29) is 6.42 Å². The molecule has 1 unspecified atom stereocenters. The number of thiocarbonyl (C=S) groups is 1. The van der Waals surface area contributed by atoms with Crippen LogP contribution in [-0.2, 0) is 16.0 Å². The Kier molecular flexibility index (Phi) is 15.3. The van der Waals surface area contributed by atoms with E-state index in [4.69, 9.17) is 17.0 Å². The Labute approximate surface area is 202 Å². The quantitative estimate of drug-likeness (QED) is 0.474. The Hall–Kier alpha value is -2.84. The van der Waals surface area contributed by atoms with Gasteiger partial charge in [0.1, 0.15) is 17.6 Å². The molecular formula is C25H35FN2O4S. The summed E-state index contributed by atoms with van der Waals surface area (Å²) in [6, 6.07) is 11.9. The average molecular weight is 479 g/mol. The molecular weight excluding hydrogens is 443 g/mol. The van der Waals surface area contributed by atoms with Crippen molar-refractivity contribution in [3.63, 3.8) is 0 Å². The first-order chi connectivity index (χ1) is 15.8. The normalized spacial score (nSPS) is 10.7. The summed E-state index contributed by atoms with van der Waals surface area (Å²) in [5.41, 5.74) is 2.55. The first-order valence-corrected chi connectivity index (χ1v) is 11.4. The number of amides is 1. The molecule has 0 saturated heterocycles. The van der Waals surface area contributed by atoms with Crippen LogP contribution in [0.25, 0.3) is 0 Å². The van der Waals surface area contributed by atoms with Gasteiger partial charge in [-0.15, -0.1) is 0 Å². The van der Waals surface area contributed by atoms with Gasteiger partial charge < -0.3 is 9.84 Å². The molecule has 0 fully saturated rings. The minimum Gasteiger partial charge on any atom is -0.497 e. The van der Waals surface area contributed by atoms with Crippen LogP contribution in [0.15, 0.2) is 48.5 Å². The molecule has 0 saturated carbocycles. The Morgan fingerprint density at radius 3 is 2.06 bits per heavy atom. The second kappa shape index (κ2) is 16.7. The minimum absolute atomic E-state index is 0.376. The van der Waals surface area contributed by atoms with Gasteiger partial charge in [-0.1, -0.05) is 52.0 Å². The molecule has 0 aromatic heterocycles. The van der Waals surface area contributed by atoms with E-state index in [0.29, 0.717) is 18.7 Å². The van der Waals surface area contributed by atoms with Gasteiger partial charge in [0.05, 0.1) is 19.0 Å². The standard InChI is InChI=1S/C21H23FN2O4S.2C2H6/c1-23(12-11-15-3-9-18(28-2)10-4-15)19(13-20(25)26)21(27)24(14-29)17-7-5-16(22)6-8-17;2*1-2/h3-10,14,19H,11-13H2,1-2H3,(H,25,26);2*1-2H3. The number of methoxy groups -OCH3 is 1. The van der Waals surface area contributed by atoms with Gasteiger partial charge in [-0.2, -0.15) is 0 Å². The van der Waals surface area contributed by atoms with Crippen molar-refractivity contribution in [2.75, 3.05) is 25.6 Å². The number of likely N-dealkylation sites (N-methyl/N-ethyl adjacent to an activating group) is 1. The van der Waals surface area contributed by atoms with Gasteiger partial charge in [-0.25, -0.2) is 4.39 Å². The molecule has 0 aliphatic rings. The third-order valence-electron chi connectivity index (χ3n) is 4.54. The van der Waals surface area contributed by atoms with Crippen molar-refractivity contribution in [3.8, 4) is 5.75 Å². The highest BCUT2D eigenvalue weighted by Crippen LogP contribution is 2.18. The number of ether oxygens (including phenoxy) is 1. The number of benzene rings is 2. The van der Waals surface area contributed by atoms with E-state index in [9.17, 15) is 19.1 Å². The van der Waals surface area contributed by atoms with Crippen molar-refractivity contribution < 1.29 is 23.8 Å². The van der Waals surface area contributed by atoms with Crippen molar-refractivity contribution in [1.82, 2.24) is 4.90 Å². The Morgan fingerprint density at radius 2 is 1.61 bits per heavy atom. The largest absolute Gasteiger partial charge is 0.497 e. The lowest BCUT2D eigenvalue weighted by Gasteiger charge is -2.29. The van der Waals surface area contributed by atoms with E-state index in [0.717, 1.165) is 16.8 Å². The highest BCUT2D eigenvalue weighted by Gasteiger charge is 2.30. The topological polar surface area (TPSA) is 70.1 Å². The van der Waals surface area contributed by atoms with E-state index >= 15 is 0 Å². The van der Waals surface area contributed by atoms with Crippen LogP contribution in [-0.4, -0.2) is 54.1 Å². The molecule has 2 aromatic rings. The number of nitrogens with zero attached hydrogens (tertiary/aromatic N) is 2. The van der Waals surface area contributed by atoms with E-state index < -0.39 is 23.7 Å². The predicted octanol–water partition coefficient (Wildman–Crippen LogP) is 5.19. The molecule has 0 spiro atoms. The smallest absolute Gasteiger partial charge is 0.305 e. The monoisotopic (exact) mass is 478 g/mol. The maximum absolute atomic E-state index is 13.2. The van der Waals surface area contributed by atoms with Crippen LogP contribution in [0, 0.1) is 5.82 Å². The Bertz CT molecular complexity index is 844. The lowest BCUT2D eigenvalue weighted by atomic mass is 10.1. The zero-order valence-corrected chi connectivity index (χ0v) is 21.1. The van der Waals surface area contributed by atoms with Crippen LogP contribution in [0.4, 0.5) is 10.1 Å². The fourth-order valence-electron chi connectivity index (χ4n) is 2.85. The number of carbonyl (C=O) groups is 2. The average Bonchev–Trinajstić information content (AvgIpc) is 2.85. The molecule has 1 amide bonds. The predicted molar refractivity (Wildman–Crippen MR) is 136 cm³/mol. The second-order valence-corrected chi connectivity index (χ2v) is 6.69. The van der Waals surface area contributed by atoms with Gasteiger partial charge in [-0.3, -0.25) is 19.4 Å². The summed E-state index contributed by atoms with van der Waals surface area (Å²) in [4.78, 5) is 27.3. The van der Waals surface area contributed by atoms with E-state index in [1.165, 1.54) is 29.2 Å². The summed E-state index contributed by atoms with van der Waals surface area (Å²) in [7, 11) is 3.29. The van der Waals surface area contributed by atoms with Gasteiger partial charge in [-0.05, 0) is 55.4 Å². The first kappa shape index (κ1) is 30.2. The molecule has 1 N–H and O–H groups in total. The number of halogens is 1. The molecule has 0 radical (unpaired) electrons. The summed E-state index contributed by atoms with van der Waals surface area (Å²) in [5.74, 6) is -1.27. The van der Waals surface area contributed by atoms with Crippen molar-refractivity contribution >= 4 is 35.3 Å². The number of carbonyl (C=O) groups excluding carboxylic acids is 1. The summed E-state index contributed by atoms with van der Waals surface area (Å²) < 4.78 is 18.3. The first-order valence-electron chi connectivity index (χ1n) is 10.9.